The van der Waals surface area contributed by atoms with Crippen molar-refractivity contribution in [2.75, 3.05) is 5.73 Å². The Morgan fingerprint density at radius 1 is 1.07 bits per heavy atom. The Labute approximate surface area is 80.5 Å². The summed E-state index contributed by atoms with van der Waals surface area (Å²) in [5, 5.41) is 10.3. The molecular formula is C11H9N3. The highest BCUT2D eigenvalue weighted by molar-refractivity contribution is 6.11. The minimum atomic E-state index is 0.789. The number of nitrogens with two attached hydrogens (primary N) is 1. The highest BCUT2D eigenvalue weighted by atomic mass is 15.1. The molecule has 0 spiro atoms. The average Bonchev–Trinajstić information content (AvgIpc) is 2.66. The summed E-state index contributed by atoms with van der Waals surface area (Å²) in [5.41, 5.74) is 7.71. The molecule has 3 heteroatoms. The Morgan fingerprint density at radius 3 is 2.71 bits per heavy atom. The van der Waals surface area contributed by atoms with Crippen molar-refractivity contribution in [3.8, 4) is 0 Å². The number of aromatic nitrogens is 2. The lowest BCUT2D eigenvalue weighted by atomic mass is 10.1. The van der Waals surface area contributed by atoms with E-state index in [-0.39, 0.29) is 0 Å². The fraction of sp³-hybridized carbons (Fsp3) is 0. The number of fused-ring (bicyclic) bond motifs is 3. The molecule has 3 rings (SSSR count). The van der Waals surface area contributed by atoms with Gasteiger partial charge in [-0.05, 0) is 11.5 Å². The third-order valence-electron chi connectivity index (χ3n) is 2.50. The molecular weight excluding hydrogens is 174 g/mol. The van der Waals surface area contributed by atoms with Crippen LogP contribution in [0.25, 0.3) is 21.7 Å². The van der Waals surface area contributed by atoms with Crippen LogP contribution in [0.5, 0.6) is 0 Å². The summed E-state index contributed by atoms with van der Waals surface area (Å²) in [4.78, 5) is 0. The summed E-state index contributed by atoms with van der Waals surface area (Å²) in [6.07, 6.45) is 1.83. The zero-order valence-electron chi connectivity index (χ0n) is 7.49. The molecule has 0 radical (unpaired) electrons. The molecule has 1 heterocycles. The van der Waals surface area contributed by atoms with Crippen molar-refractivity contribution in [2.45, 2.75) is 0 Å². The Balaban J connectivity index is 2.67. The van der Waals surface area contributed by atoms with E-state index in [4.69, 9.17) is 5.73 Å². The molecule has 14 heavy (non-hydrogen) atoms. The predicted molar refractivity (Wildman–Crippen MR) is 58.0 cm³/mol. The van der Waals surface area contributed by atoms with Gasteiger partial charge >= 0.3 is 0 Å². The molecule has 3 N–H and O–H groups in total. The first-order valence-corrected chi connectivity index (χ1v) is 4.46. The van der Waals surface area contributed by atoms with E-state index >= 15 is 0 Å². The Hall–Kier alpha value is -2.03. The number of hydrogen-bond donors (Lipinski definition) is 2. The molecule has 2 aromatic carbocycles. The highest BCUT2D eigenvalue weighted by Gasteiger charge is 2.04. The van der Waals surface area contributed by atoms with Crippen LogP contribution in [-0.2, 0) is 0 Å². The van der Waals surface area contributed by atoms with Gasteiger partial charge in [0.2, 0.25) is 0 Å². The molecule has 0 unspecified atom stereocenters. The first kappa shape index (κ1) is 7.38. The number of rotatable bonds is 0. The summed E-state index contributed by atoms with van der Waals surface area (Å²) in [7, 11) is 0. The van der Waals surface area contributed by atoms with Crippen LogP contribution in [0, 0.1) is 0 Å². The molecule has 0 aliphatic rings. The smallest absolute Gasteiger partial charge is 0.0677 e. The third kappa shape index (κ3) is 0.836. The summed E-state index contributed by atoms with van der Waals surface area (Å²) in [5.74, 6) is 0. The number of H-pyrrole nitrogens is 1. The van der Waals surface area contributed by atoms with E-state index < -0.39 is 0 Å². The normalized spacial score (nSPS) is 11.1. The lowest BCUT2D eigenvalue weighted by molar-refractivity contribution is 1.12. The van der Waals surface area contributed by atoms with Gasteiger partial charge in [-0.25, -0.2) is 0 Å². The summed E-state index contributed by atoms with van der Waals surface area (Å²) >= 11 is 0. The fourth-order valence-electron chi connectivity index (χ4n) is 1.82. The molecule has 0 fully saturated rings. The van der Waals surface area contributed by atoms with E-state index in [1.807, 2.05) is 30.5 Å². The van der Waals surface area contributed by atoms with Crippen molar-refractivity contribution in [2.24, 2.45) is 0 Å². The molecule has 0 bridgehead atoms. The van der Waals surface area contributed by atoms with Crippen LogP contribution in [0.1, 0.15) is 0 Å². The van der Waals surface area contributed by atoms with E-state index in [1.165, 1.54) is 0 Å². The lowest BCUT2D eigenvalue weighted by Crippen LogP contribution is -1.87. The number of nitrogen functional groups attached to an aromatic ring is 1. The van der Waals surface area contributed by atoms with E-state index in [0.29, 0.717) is 0 Å². The van der Waals surface area contributed by atoms with Crippen molar-refractivity contribution in [1.29, 1.82) is 0 Å². The molecule has 1 aromatic heterocycles. The van der Waals surface area contributed by atoms with Crippen molar-refractivity contribution < 1.29 is 0 Å². The summed E-state index contributed by atoms with van der Waals surface area (Å²) in [6.45, 7) is 0. The maximum Gasteiger partial charge on any atom is 0.0677 e. The fourth-order valence-corrected chi connectivity index (χ4v) is 1.82. The van der Waals surface area contributed by atoms with Crippen molar-refractivity contribution in [3.05, 3.63) is 36.5 Å². The standard InChI is InChI=1S/C11H9N3/c12-10-5-11-9(6-13-14-11)7-3-1-2-4-8(7)10/h1-6H,12H2,(H,13,14). The number of benzene rings is 2. The van der Waals surface area contributed by atoms with Gasteiger partial charge in [0.1, 0.15) is 0 Å². The molecule has 68 valence electrons. The number of anilines is 1. The minimum absolute atomic E-state index is 0.789. The van der Waals surface area contributed by atoms with Crippen molar-refractivity contribution in [3.63, 3.8) is 0 Å². The largest absolute Gasteiger partial charge is 0.398 e. The van der Waals surface area contributed by atoms with E-state index in [9.17, 15) is 0 Å². The van der Waals surface area contributed by atoms with Gasteiger partial charge in [-0.15, -0.1) is 0 Å². The number of aromatic amines is 1. The second-order valence-corrected chi connectivity index (χ2v) is 3.34. The SMILES string of the molecule is Nc1cc2[nH]ncc2c2ccccc12. The maximum absolute atomic E-state index is 5.93. The molecule has 0 atom stereocenters. The van der Waals surface area contributed by atoms with Gasteiger partial charge in [0.15, 0.2) is 0 Å². The highest BCUT2D eigenvalue weighted by Crippen LogP contribution is 2.28. The zero-order valence-corrected chi connectivity index (χ0v) is 7.49. The van der Waals surface area contributed by atoms with Crippen LogP contribution in [0.15, 0.2) is 36.5 Å². The second-order valence-electron chi connectivity index (χ2n) is 3.34. The molecule has 0 aliphatic heterocycles. The number of hydrogen-bond acceptors (Lipinski definition) is 2. The summed E-state index contributed by atoms with van der Waals surface area (Å²) in [6, 6.07) is 10.0. The molecule has 3 nitrogen and oxygen atoms in total. The number of nitrogens with zero attached hydrogens (tertiary/aromatic N) is 1. The first-order chi connectivity index (χ1) is 6.86. The van der Waals surface area contributed by atoms with Gasteiger partial charge in [0, 0.05) is 16.5 Å². The van der Waals surface area contributed by atoms with Gasteiger partial charge in [0.25, 0.3) is 0 Å². The quantitative estimate of drug-likeness (QED) is 0.525. The van der Waals surface area contributed by atoms with Gasteiger partial charge in [-0.2, -0.15) is 5.10 Å². The molecule has 0 saturated carbocycles. The zero-order chi connectivity index (χ0) is 9.54. The van der Waals surface area contributed by atoms with Gasteiger partial charge in [-0.3, -0.25) is 5.10 Å². The van der Waals surface area contributed by atoms with Crippen LogP contribution in [0.3, 0.4) is 0 Å². The topological polar surface area (TPSA) is 54.7 Å². The molecule has 3 aromatic rings. The van der Waals surface area contributed by atoms with Crippen LogP contribution in [0.2, 0.25) is 0 Å². The lowest BCUT2D eigenvalue weighted by Gasteiger charge is -2.02. The summed E-state index contributed by atoms with van der Waals surface area (Å²) < 4.78 is 0. The predicted octanol–water partition coefficient (Wildman–Crippen LogP) is 2.30. The minimum Gasteiger partial charge on any atom is -0.398 e. The second kappa shape index (κ2) is 2.48. The first-order valence-electron chi connectivity index (χ1n) is 4.46. The van der Waals surface area contributed by atoms with Crippen LogP contribution < -0.4 is 5.73 Å². The Kier molecular flexibility index (Phi) is 1.31. The van der Waals surface area contributed by atoms with E-state index in [2.05, 4.69) is 16.3 Å². The van der Waals surface area contributed by atoms with Crippen LogP contribution >= 0.6 is 0 Å². The molecule has 0 amide bonds. The van der Waals surface area contributed by atoms with Gasteiger partial charge in [-0.1, -0.05) is 24.3 Å². The van der Waals surface area contributed by atoms with Gasteiger partial charge < -0.3 is 5.73 Å². The Bertz CT molecular complexity index is 610. The van der Waals surface area contributed by atoms with Crippen LogP contribution in [0.4, 0.5) is 5.69 Å². The van der Waals surface area contributed by atoms with Crippen LogP contribution in [-0.4, -0.2) is 10.2 Å². The monoisotopic (exact) mass is 183 g/mol. The third-order valence-corrected chi connectivity index (χ3v) is 2.50. The number of nitrogens with one attached hydrogen (secondary N) is 1. The van der Waals surface area contributed by atoms with E-state index in [1.54, 1.807) is 0 Å². The van der Waals surface area contributed by atoms with Crippen molar-refractivity contribution in [1.82, 2.24) is 10.2 Å². The van der Waals surface area contributed by atoms with Gasteiger partial charge in [0.05, 0.1) is 11.7 Å². The average molecular weight is 183 g/mol. The Morgan fingerprint density at radius 2 is 1.86 bits per heavy atom. The molecule has 0 saturated heterocycles. The molecule has 0 aliphatic carbocycles. The van der Waals surface area contributed by atoms with Crippen molar-refractivity contribution >= 4 is 27.4 Å². The maximum atomic E-state index is 5.93. The van der Waals surface area contributed by atoms with E-state index in [0.717, 1.165) is 27.4 Å².